The van der Waals surface area contributed by atoms with Crippen molar-refractivity contribution in [3.05, 3.63) is 60.2 Å². The van der Waals surface area contributed by atoms with Gasteiger partial charge in [0.1, 0.15) is 17.2 Å². The molecule has 2 amide bonds. The van der Waals surface area contributed by atoms with E-state index in [1.165, 1.54) is 24.3 Å². The van der Waals surface area contributed by atoms with Crippen LogP contribution in [0.1, 0.15) is 25.6 Å². The van der Waals surface area contributed by atoms with Crippen LogP contribution >= 0.6 is 0 Å². The minimum atomic E-state index is -1.79. The lowest BCUT2D eigenvalue weighted by Gasteiger charge is -2.12. The molecule has 0 aliphatic rings. The number of anilines is 1. The zero-order valence-corrected chi connectivity index (χ0v) is 19.0. The van der Waals surface area contributed by atoms with E-state index in [1.807, 2.05) is 24.3 Å². The standard InChI is InChI=1S/C23H25FN6O2S/c1-2-3-8-19-28-20-21(17-6-4-5-7-18(17)27-22(20)25)30(19)14-13-26-23(31)29-33(32)16-11-9-15(24)10-12-16/h4-7,9-12H,2-3,8,13-14H2,1H3,(H2,25,27)(H2,26,29,31). The highest BCUT2D eigenvalue weighted by molar-refractivity contribution is 7.83. The molecule has 2 heterocycles. The molecule has 0 aliphatic heterocycles. The van der Waals surface area contributed by atoms with Crippen LogP contribution in [0, 0.1) is 5.82 Å². The summed E-state index contributed by atoms with van der Waals surface area (Å²) in [6, 6.07) is 12.3. The number of halogens is 1. The Bertz CT molecular complexity index is 1320. The number of benzene rings is 2. The Labute approximate surface area is 193 Å². The summed E-state index contributed by atoms with van der Waals surface area (Å²) in [6.45, 7) is 2.86. The van der Waals surface area contributed by atoms with Crippen LogP contribution in [0.25, 0.3) is 21.9 Å². The van der Waals surface area contributed by atoms with E-state index in [4.69, 9.17) is 10.7 Å². The Hall–Kier alpha value is -3.53. The molecule has 33 heavy (non-hydrogen) atoms. The van der Waals surface area contributed by atoms with Gasteiger partial charge in [-0.1, -0.05) is 31.5 Å². The molecule has 4 N–H and O–H groups in total. The number of rotatable bonds is 8. The zero-order valence-electron chi connectivity index (χ0n) is 18.2. The predicted molar refractivity (Wildman–Crippen MR) is 127 cm³/mol. The van der Waals surface area contributed by atoms with E-state index in [2.05, 4.69) is 26.5 Å². The van der Waals surface area contributed by atoms with Crippen molar-refractivity contribution in [2.75, 3.05) is 12.3 Å². The van der Waals surface area contributed by atoms with Crippen molar-refractivity contribution < 1.29 is 13.4 Å². The second-order valence-electron chi connectivity index (χ2n) is 7.58. The van der Waals surface area contributed by atoms with E-state index in [9.17, 15) is 13.4 Å². The van der Waals surface area contributed by atoms with Crippen LogP contribution in [0.4, 0.5) is 15.0 Å². The monoisotopic (exact) mass is 468 g/mol. The first-order valence-corrected chi connectivity index (χ1v) is 11.9. The molecule has 1 unspecified atom stereocenters. The zero-order chi connectivity index (χ0) is 23.4. The number of carbonyl (C=O) groups is 1. The smallest absolute Gasteiger partial charge is 0.326 e. The molecular formula is C23H25FN6O2S. The van der Waals surface area contributed by atoms with Crippen LogP contribution in [-0.4, -0.2) is 31.3 Å². The van der Waals surface area contributed by atoms with Crippen LogP contribution < -0.4 is 15.8 Å². The molecule has 4 aromatic rings. The number of nitrogens with two attached hydrogens (primary N) is 1. The fraction of sp³-hybridized carbons (Fsp3) is 0.261. The third-order valence-corrected chi connectivity index (χ3v) is 6.35. The van der Waals surface area contributed by atoms with Crippen molar-refractivity contribution >= 4 is 44.8 Å². The molecule has 1 atom stereocenters. The highest BCUT2D eigenvalue weighted by atomic mass is 32.2. The number of fused-ring (bicyclic) bond motifs is 3. The molecule has 172 valence electrons. The molecule has 2 aromatic heterocycles. The van der Waals surface area contributed by atoms with Gasteiger partial charge in [0.2, 0.25) is 0 Å². The maximum absolute atomic E-state index is 13.0. The van der Waals surface area contributed by atoms with E-state index in [0.717, 1.165) is 41.5 Å². The molecule has 4 rings (SSSR count). The maximum Gasteiger partial charge on any atom is 0.326 e. The number of carbonyl (C=O) groups excluding carboxylic acids is 1. The first-order valence-electron chi connectivity index (χ1n) is 10.7. The highest BCUT2D eigenvalue weighted by Gasteiger charge is 2.17. The van der Waals surface area contributed by atoms with Gasteiger partial charge in [-0.2, -0.15) is 0 Å². The summed E-state index contributed by atoms with van der Waals surface area (Å²) in [6.07, 6.45) is 2.77. The number of unbranched alkanes of at least 4 members (excludes halogenated alkanes) is 1. The van der Waals surface area contributed by atoms with Gasteiger partial charge in [0.05, 0.1) is 15.9 Å². The van der Waals surface area contributed by atoms with Crippen molar-refractivity contribution in [1.82, 2.24) is 24.6 Å². The molecular weight excluding hydrogens is 443 g/mol. The van der Waals surface area contributed by atoms with Crippen molar-refractivity contribution in [2.24, 2.45) is 0 Å². The molecule has 0 saturated carbocycles. The van der Waals surface area contributed by atoms with Crippen LogP contribution in [0.2, 0.25) is 0 Å². The lowest BCUT2D eigenvalue weighted by molar-refractivity contribution is 0.246. The topological polar surface area (TPSA) is 115 Å². The summed E-state index contributed by atoms with van der Waals surface area (Å²) in [5, 5.41) is 3.67. The summed E-state index contributed by atoms with van der Waals surface area (Å²) in [5.74, 6) is 0.824. The summed E-state index contributed by atoms with van der Waals surface area (Å²) < 4.78 is 29.7. The van der Waals surface area contributed by atoms with Gasteiger partial charge in [-0.05, 0) is 36.8 Å². The summed E-state index contributed by atoms with van der Waals surface area (Å²) in [5.41, 5.74) is 8.53. The molecule has 0 spiro atoms. The molecule has 10 heteroatoms. The van der Waals surface area contributed by atoms with Crippen molar-refractivity contribution in [1.29, 1.82) is 0 Å². The van der Waals surface area contributed by atoms with E-state index in [0.29, 0.717) is 22.8 Å². The fourth-order valence-corrected chi connectivity index (χ4v) is 4.43. The lowest BCUT2D eigenvalue weighted by Crippen LogP contribution is -2.38. The second-order valence-corrected chi connectivity index (χ2v) is 8.79. The molecule has 0 bridgehead atoms. The minimum Gasteiger partial charge on any atom is -0.382 e. The number of nitrogens with zero attached hydrogens (tertiary/aromatic N) is 3. The Morgan fingerprint density at radius 2 is 1.91 bits per heavy atom. The van der Waals surface area contributed by atoms with Crippen LogP contribution in [0.3, 0.4) is 0 Å². The number of aromatic nitrogens is 3. The third kappa shape index (κ3) is 4.95. The van der Waals surface area contributed by atoms with E-state index in [-0.39, 0.29) is 6.54 Å². The molecule has 2 aromatic carbocycles. The predicted octanol–water partition coefficient (Wildman–Crippen LogP) is 3.67. The normalized spacial score (nSPS) is 12.2. The first-order chi connectivity index (χ1) is 16.0. The Morgan fingerprint density at radius 3 is 2.67 bits per heavy atom. The number of nitrogens with one attached hydrogen (secondary N) is 2. The molecule has 8 nitrogen and oxygen atoms in total. The van der Waals surface area contributed by atoms with Gasteiger partial charge in [0, 0.05) is 24.9 Å². The molecule has 0 radical (unpaired) electrons. The van der Waals surface area contributed by atoms with Gasteiger partial charge in [0.25, 0.3) is 0 Å². The number of imidazole rings is 1. The number of para-hydroxylation sites is 1. The van der Waals surface area contributed by atoms with Crippen molar-refractivity contribution in [2.45, 2.75) is 37.6 Å². The maximum atomic E-state index is 13.0. The van der Waals surface area contributed by atoms with Gasteiger partial charge in [0.15, 0.2) is 16.8 Å². The Kier molecular flexibility index (Phi) is 6.83. The average Bonchev–Trinajstić information content (AvgIpc) is 3.17. The highest BCUT2D eigenvalue weighted by Crippen LogP contribution is 2.29. The first kappa shape index (κ1) is 22.7. The number of nitrogen functional groups attached to an aromatic ring is 1. The summed E-state index contributed by atoms with van der Waals surface area (Å²) in [7, 11) is -1.79. The average molecular weight is 469 g/mol. The van der Waals surface area contributed by atoms with Crippen LogP contribution in [0.5, 0.6) is 0 Å². The van der Waals surface area contributed by atoms with Crippen molar-refractivity contribution in [3.8, 4) is 0 Å². The van der Waals surface area contributed by atoms with Gasteiger partial charge >= 0.3 is 6.03 Å². The molecule has 0 aliphatic carbocycles. The lowest BCUT2D eigenvalue weighted by atomic mass is 10.2. The number of pyridine rings is 1. The molecule has 0 fully saturated rings. The summed E-state index contributed by atoms with van der Waals surface area (Å²) >= 11 is 0. The Balaban J connectivity index is 1.53. The number of amides is 2. The SMILES string of the molecule is CCCCc1nc2c(N)nc3ccccc3c2n1CCNC(=O)NS(=O)c1ccc(F)cc1. The summed E-state index contributed by atoms with van der Waals surface area (Å²) in [4.78, 5) is 21.8. The number of hydrogen-bond acceptors (Lipinski definition) is 5. The molecule has 0 saturated heterocycles. The van der Waals surface area contributed by atoms with Gasteiger partial charge < -0.3 is 15.6 Å². The number of aryl methyl sites for hydroxylation is 1. The second kappa shape index (κ2) is 9.95. The fourth-order valence-electron chi connectivity index (χ4n) is 3.69. The van der Waals surface area contributed by atoms with Gasteiger partial charge in [-0.15, -0.1) is 0 Å². The third-order valence-electron chi connectivity index (χ3n) is 5.28. The largest absolute Gasteiger partial charge is 0.382 e. The number of urea groups is 1. The van der Waals surface area contributed by atoms with Crippen LogP contribution in [-0.2, 0) is 24.0 Å². The quantitative estimate of drug-likeness (QED) is 0.365. The minimum absolute atomic E-state index is 0.285. The van der Waals surface area contributed by atoms with Gasteiger partial charge in [-0.3, -0.25) is 4.72 Å². The number of hydrogen-bond donors (Lipinski definition) is 3. The van der Waals surface area contributed by atoms with E-state index >= 15 is 0 Å². The van der Waals surface area contributed by atoms with E-state index < -0.39 is 22.8 Å². The van der Waals surface area contributed by atoms with Crippen molar-refractivity contribution in [3.63, 3.8) is 0 Å². The van der Waals surface area contributed by atoms with Gasteiger partial charge in [-0.25, -0.2) is 23.4 Å². The van der Waals surface area contributed by atoms with E-state index in [1.54, 1.807) is 0 Å². The Morgan fingerprint density at radius 1 is 1.15 bits per heavy atom. The van der Waals surface area contributed by atoms with Crippen LogP contribution in [0.15, 0.2) is 53.4 Å².